The third-order valence-electron chi connectivity index (χ3n) is 6.15. The average Bonchev–Trinajstić information content (AvgIpc) is 2.69. The normalized spacial score (nSPS) is 11.6. The Morgan fingerprint density at radius 1 is 0.531 bits per heavy atom. The van der Waals surface area contributed by atoms with Crippen LogP contribution in [0, 0.1) is 0 Å². The van der Waals surface area contributed by atoms with Crippen molar-refractivity contribution < 1.29 is 13.0 Å². The number of hydrogen-bond acceptors (Lipinski definition) is 3. The van der Waals surface area contributed by atoms with E-state index in [2.05, 4.69) is 27.4 Å². The van der Waals surface area contributed by atoms with Crippen LogP contribution in [0.4, 0.5) is 0 Å². The fourth-order valence-electron chi connectivity index (χ4n) is 4.16. The Balaban J connectivity index is -0.00000125. The van der Waals surface area contributed by atoms with Crippen molar-refractivity contribution in [3.05, 3.63) is 0 Å². The molecule has 0 aliphatic heterocycles. The van der Waals surface area contributed by atoms with Crippen LogP contribution in [0.2, 0.25) is 0 Å². The molecule has 0 aliphatic rings. The standard InChI is InChI=1S/C25H54P.CH4O3S.H3N/c1-5-8-11-14-17-20-23-26(4,24-21-18-15-12-9-6-2)25-22-19-16-13-10-7-3;1-5(2,3)4;/h5-25H2,1-4H3;1H3,(H,2,3,4);1H3/q+1;;. The molecule has 0 aromatic carbocycles. The quantitative estimate of drug-likeness (QED) is 0.0936. The van der Waals surface area contributed by atoms with E-state index >= 15 is 0 Å². The third-order valence-corrected chi connectivity index (χ3v) is 10.3. The molecular weight excluding hydrogens is 437 g/mol. The highest BCUT2D eigenvalue weighted by Crippen LogP contribution is 2.57. The van der Waals surface area contributed by atoms with E-state index in [4.69, 9.17) is 4.55 Å². The maximum atomic E-state index is 9.19. The molecule has 0 aliphatic carbocycles. The minimum absolute atomic E-state index is 0. The SMILES string of the molecule is CCCCCCCC[P+](C)(CCCCCCCC)CCCCCCCC.CS(=O)(=O)O.N. The summed E-state index contributed by atoms with van der Waals surface area (Å²) in [5, 5.41) is 0. The van der Waals surface area contributed by atoms with E-state index in [0.717, 1.165) is 0 Å². The lowest BCUT2D eigenvalue weighted by atomic mass is 10.1. The molecule has 4 nitrogen and oxygen atoms in total. The zero-order chi connectivity index (χ0) is 23.8. The van der Waals surface area contributed by atoms with Crippen molar-refractivity contribution in [1.29, 1.82) is 0 Å². The minimum Gasteiger partial charge on any atom is -0.344 e. The maximum Gasteiger partial charge on any atom is 0.261 e. The van der Waals surface area contributed by atoms with Gasteiger partial charge in [-0.05, 0) is 38.5 Å². The van der Waals surface area contributed by atoms with Gasteiger partial charge in [0.2, 0.25) is 0 Å². The van der Waals surface area contributed by atoms with Gasteiger partial charge in [0, 0.05) is 13.9 Å². The van der Waals surface area contributed by atoms with E-state index < -0.39 is 17.4 Å². The highest BCUT2D eigenvalue weighted by atomic mass is 32.2. The summed E-state index contributed by atoms with van der Waals surface area (Å²) in [7, 11) is -4.30. The third kappa shape index (κ3) is 34.9. The highest BCUT2D eigenvalue weighted by molar-refractivity contribution is 7.85. The molecule has 4 N–H and O–H groups in total. The van der Waals surface area contributed by atoms with Gasteiger partial charge < -0.3 is 6.15 Å². The Bertz CT molecular complexity index is 409. The zero-order valence-electron chi connectivity index (χ0n) is 22.7. The van der Waals surface area contributed by atoms with Gasteiger partial charge in [-0.3, -0.25) is 4.55 Å². The van der Waals surface area contributed by atoms with E-state index in [-0.39, 0.29) is 6.15 Å². The molecule has 0 radical (unpaired) electrons. The molecule has 0 atom stereocenters. The van der Waals surface area contributed by atoms with Gasteiger partial charge in [-0.1, -0.05) is 97.8 Å². The van der Waals surface area contributed by atoms with Gasteiger partial charge in [-0.2, -0.15) is 8.42 Å². The Morgan fingerprint density at radius 2 is 0.719 bits per heavy atom. The Kier molecular flexibility index (Phi) is 29.9. The van der Waals surface area contributed by atoms with Crippen molar-refractivity contribution in [2.45, 2.75) is 136 Å². The first kappa shape index (κ1) is 36.9. The number of rotatable bonds is 21. The average molecular weight is 499 g/mol. The summed E-state index contributed by atoms with van der Waals surface area (Å²) in [4.78, 5) is 0. The molecule has 32 heavy (non-hydrogen) atoms. The lowest BCUT2D eigenvalue weighted by Gasteiger charge is -2.24. The summed E-state index contributed by atoms with van der Waals surface area (Å²) >= 11 is 0. The summed E-state index contributed by atoms with van der Waals surface area (Å²) in [5.74, 6) is 0. The largest absolute Gasteiger partial charge is 0.344 e. The predicted octanol–water partition coefficient (Wildman–Crippen LogP) is 9.38. The summed E-state index contributed by atoms with van der Waals surface area (Å²) in [6, 6.07) is 0. The summed E-state index contributed by atoms with van der Waals surface area (Å²) in [6.45, 7) is 9.70. The van der Waals surface area contributed by atoms with Gasteiger partial charge in [0.15, 0.2) is 0 Å². The molecule has 0 aromatic rings. The van der Waals surface area contributed by atoms with Crippen LogP contribution in [0.5, 0.6) is 0 Å². The van der Waals surface area contributed by atoms with E-state index in [0.29, 0.717) is 6.26 Å². The van der Waals surface area contributed by atoms with Crippen LogP contribution in [0.25, 0.3) is 0 Å². The number of unbranched alkanes of at least 4 members (excludes halogenated alkanes) is 15. The van der Waals surface area contributed by atoms with Crippen molar-refractivity contribution in [3.8, 4) is 0 Å². The zero-order valence-corrected chi connectivity index (χ0v) is 24.4. The first-order valence-corrected chi connectivity index (χ1v) is 18.1. The topological polar surface area (TPSA) is 89.4 Å². The van der Waals surface area contributed by atoms with Crippen LogP contribution in [-0.4, -0.2) is 44.4 Å². The molecule has 0 unspecified atom stereocenters. The van der Waals surface area contributed by atoms with E-state index in [9.17, 15) is 8.42 Å². The van der Waals surface area contributed by atoms with Crippen LogP contribution in [-0.2, 0) is 10.1 Å². The van der Waals surface area contributed by atoms with Crippen LogP contribution < -0.4 is 6.15 Å². The Hall–Kier alpha value is 0.300. The van der Waals surface area contributed by atoms with Crippen LogP contribution in [0.3, 0.4) is 0 Å². The molecule has 0 heterocycles. The van der Waals surface area contributed by atoms with Gasteiger partial charge in [0.1, 0.15) is 0 Å². The molecule has 0 amide bonds. The molecule has 0 rings (SSSR count). The van der Waals surface area contributed by atoms with Gasteiger partial charge in [-0.25, -0.2) is 0 Å². The fourth-order valence-corrected chi connectivity index (χ4v) is 7.79. The van der Waals surface area contributed by atoms with E-state index in [1.54, 1.807) is 18.5 Å². The Morgan fingerprint density at radius 3 is 0.938 bits per heavy atom. The predicted molar refractivity (Wildman–Crippen MR) is 150 cm³/mol. The molecule has 0 saturated carbocycles. The van der Waals surface area contributed by atoms with Gasteiger partial charge in [0.25, 0.3) is 10.1 Å². The number of hydrogen-bond donors (Lipinski definition) is 2. The maximum absolute atomic E-state index is 9.19. The molecule has 0 aromatic heterocycles. The highest BCUT2D eigenvalue weighted by Gasteiger charge is 2.29. The van der Waals surface area contributed by atoms with Gasteiger partial charge in [0.05, 0.1) is 24.7 Å². The second-order valence-electron chi connectivity index (χ2n) is 9.83. The molecular formula is C26H61NO3PS+. The lowest BCUT2D eigenvalue weighted by molar-refractivity contribution is 0.490. The minimum atomic E-state index is -3.67. The second-order valence-corrected chi connectivity index (χ2v) is 15.9. The lowest BCUT2D eigenvalue weighted by Crippen LogP contribution is -2.08. The Labute approximate surface area is 204 Å². The summed E-state index contributed by atoms with van der Waals surface area (Å²) < 4.78 is 25.9. The first-order chi connectivity index (χ1) is 14.7. The van der Waals surface area contributed by atoms with E-state index in [1.807, 2.05) is 0 Å². The molecule has 0 saturated heterocycles. The molecule has 0 fully saturated rings. The summed E-state index contributed by atoms with van der Waals surface area (Å²) in [6.07, 6.45) is 32.0. The van der Waals surface area contributed by atoms with E-state index in [1.165, 1.54) is 116 Å². The van der Waals surface area contributed by atoms with Crippen LogP contribution in [0.15, 0.2) is 0 Å². The van der Waals surface area contributed by atoms with Crippen molar-refractivity contribution in [2.75, 3.05) is 31.4 Å². The molecule has 198 valence electrons. The van der Waals surface area contributed by atoms with Crippen LogP contribution in [0.1, 0.15) is 136 Å². The first-order valence-electron chi connectivity index (χ1n) is 13.4. The smallest absolute Gasteiger partial charge is 0.261 e. The van der Waals surface area contributed by atoms with Crippen molar-refractivity contribution >= 4 is 17.4 Å². The fraction of sp³-hybridized carbons (Fsp3) is 1.00. The molecule has 0 bridgehead atoms. The monoisotopic (exact) mass is 498 g/mol. The van der Waals surface area contributed by atoms with Crippen molar-refractivity contribution in [1.82, 2.24) is 6.15 Å². The van der Waals surface area contributed by atoms with Crippen molar-refractivity contribution in [2.24, 2.45) is 0 Å². The van der Waals surface area contributed by atoms with Crippen LogP contribution >= 0.6 is 7.26 Å². The van der Waals surface area contributed by atoms with Gasteiger partial charge in [-0.15, -0.1) is 0 Å². The van der Waals surface area contributed by atoms with Gasteiger partial charge >= 0.3 is 0 Å². The second kappa shape index (κ2) is 25.9. The molecule has 0 spiro atoms. The summed E-state index contributed by atoms with van der Waals surface area (Å²) in [5.41, 5.74) is 0. The molecule has 6 heteroatoms. The van der Waals surface area contributed by atoms with Crippen molar-refractivity contribution in [3.63, 3.8) is 0 Å².